The maximum Gasteiger partial charge on any atom is 0.119 e. The predicted octanol–water partition coefficient (Wildman–Crippen LogP) is 6.84. The number of hydrogen-bond acceptors (Lipinski definition) is 3. The van der Waals surface area contributed by atoms with Crippen molar-refractivity contribution in [1.29, 1.82) is 0 Å². The van der Waals surface area contributed by atoms with Gasteiger partial charge in [0.1, 0.15) is 12.4 Å². The smallest absolute Gasteiger partial charge is 0.119 e. The van der Waals surface area contributed by atoms with E-state index in [1.807, 2.05) is 12.1 Å². The molecule has 0 fully saturated rings. The van der Waals surface area contributed by atoms with Crippen LogP contribution >= 0.6 is 0 Å². The number of aryl methyl sites for hydroxylation is 1. The van der Waals surface area contributed by atoms with Crippen LogP contribution in [0.3, 0.4) is 0 Å². The maximum absolute atomic E-state index is 13.0. The summed E-state index contributed by atoms with van der Waals surface area (Å²) in [6.45, 7) is 5.81. The lowest BCUT2D eigenvalue weighted by atomic mass is 9.93. The summed E-state index contributed by atoms with van der Waals surface area (Å²) in [7, 11) is 0. The Labute approximate surface area is 178 Å². The average molecular weight is 405 g/mol. The molecule has 3 aromatic rings. The van der Waals surface area contributed by atoms with Crippen molar-refractivity contribution in [3.8, 4) is 28.1 Å². The third-order valence-electron chi connectivity index (χ3n) is 5.05. The van der Waals surface area contributed by atoms with Crippen molar-refractivity contribution in [2.45, 2.75) is 45.2 Å². The molecule has 0 N–H and O–H groups in total. The van der Waals surface area contributed by atoms with Crippen LogP contribution in [0.2, 0.25) is 0 Å². The molecule has 1 unspecified atom stereocenters. The number of aromatic nitrogens is 2. The zero-order valence-corrected chi connectivity index (χ0v) is 17.6. The maximum atomic E-state index is 13.0. The number of nitrogens with zero attached hydrogens (tertiary/aromatic N) is 2. The first kappa shape index (κ1) is 21.7. The van der Waals surface area contributed by atoms with Gasteiger partial charge in [-0.25, -0.2) is 4.39 Å². The number of halogens is 1. The summed E-state index contributed by atoms with van der Waals surface area (Å²) in [5, 5.41) is 0. The van der Waals surface area contributed by atoms with Crippen LogP contribution in [0, 0.1) is 0 Å². The van der Waals surface area contributed by atoms with Crippen molar-refractivity contribution in [3.63, 3.8) is 0 Å². The molecule has 1 atom stereocenters. The summed E-state index contributed by atoms with van der Waals surface area (Å²) in [6, 6.07) is 14.6. The minimum atomic E-state index is -0.714. The third-order valence-corrected chi connectivity index (χ3v) is 5.05. The summed E-state index contributed by atoms with van der Waals surface area (Å²) in [5.74, 6) is 0.825. The largest absolute Gasteiger partial charge is 0.490 e. The molecule has 0 aliphatic heterocycles. The number of ether oxygens (including phenoxy) is 1. The van der Waals surface area contributed by atoms with Crippen LogP contribution in [0.15, 0.2) is 73.7 Å². The second kappa shape index (κ2) is 11.2. The molecule has 0 saturated carbocycles. The highest BCUT2D eigenvalue weighted by molar-refractivity contribution is 5.74. The molecule has 2 aromatic carbocycles. The molecule has 1 heterocycles. The Hall–Kier alpha value is -3.01. The van der Waals surface area contributed by atoms with Gasteiger partial charge in [-0.15, -0.1) is 0 Å². The number of alkyl halides is 1. The molecular formula is C26H29FN2O. The molecule has 3 rings (SSSR count). The quantitative estimate of drug-likeness (QED) is 0.259. The van der Waals surface area contributed by atoms with Gasteiger partial charge in [-0.2, -0.15) is 0 Å². The van der Waals surface area contributed by atoms with Crippen molar-refractivity contribution < 1.29 is 9.13 Å². The fourth-order valence-corrected chi connectivity index (χ4v) is 3.47. The molecule has 0 bridgehead atoms. The molecule has 0 amide bonds. The van der Waals surface area contributed by atoms with Crippen molar-refractivity contribution in [1.82, 2.24) is 9.97 Å². The van der Waals surface area contributed by atoms with Gasteiger partial charge in [-0.05, 0) is 61.1 Å². The van der Waals surface area contributed by atoms with E-state index in [0.29, 0.717) is 13.0 Å². The van der Waals surface area contributed by atoms with Crippen molar-refractivity contribution in [2.24, 2.45) is 0 Å². The van der Waals surface area contributed by atoms with Crippen LogP contribution in [0.4, 0.5) is 4.39 Å². The highest BCUT2D eigenvalue weighted by Gasteiger charge is 2.10. The van der Waals surface area contributed by atoms with Crippen LogP contribution < -0.4 is 4.74 Å². The minimum Gasteiger partial charge on any atom is -0.490 e. The van der Waals surface area contributed by atoms with Crippen LogP contribution in [0.25, 0.3) is 22.4 Å². The number of rotatable bonds is 11. The standard InChI is InChI=1S/C26H29FN2O/c1-3-17-30-24-13-11-22(12-14-24)25-18-23(26-19-28-15-16-29-26)10-9-21(25)8-6-4-5-7-20(2)27/h3,9-16,18-20H,1,4-8,17H2,2H3. The number of hydrogen-bond donors (Lipinski definition) is 0. The lowest BCUT2D eigenvalue weighted by Gasteiger charge is -2.13. The number of unbranched alkanes of at least 4 members (excludes halogenated alkanes) is 2. The van der Waals surface area contributed by atoms with Crippen LogP contribution in [0.5, 0.6) is 5.75 Å². The zero-order valence-electron chi connectivity index (χ0n) is 17.6. The normalized spacial score (nSPS) is 11.8. The fourth-order valence-electron chi connectivity index (χ4n) is 3.47. The lowest BCUT2D eigenvalue weighted by molar-refractivity contribution is 0.330. The van der Waals surface area contributed by atoms with E-state index in [9.17, 15) is 4.39 Å². The Balaban J connectivity index is 1.83. The second-order valence-corrected chi connectivity index (χ2v) is 7.47. The SMILES string of the molecule is C=CCOc1ccc(-c2cc(-c3cnccn3)ccc2CCCCCC(C)F)cc1. The minimum absolute atomic E-state index is 0.490. The molecule has 0 saturated heterocycles. The molecule has 3 nitrogen and oxygen atoms in total. The van der Waals surface area contributed by atoms with E-state index in [0.717, 1.165) is 48.3 Å². The summed E-state index contributed by atoms with van der Waals surface area (Å²) in [4.78, 5) is 8.63. The highest BCUT2D eigenvalue weighted by atomic mass is 19.1. The Morgan fingerprint density at radius 2 is 1.83 bits per heavy atom. The van der Waals surface area contributed by atoms with Crippen LogP contribution in [-0.4, -0.2) is 22.7 Å². The van der Waals surface area contributed by atoms with Crippen LogP contribution in [0.1, 0.15) is 38.2 Å². The molecule has 4 heteroatoms. The molecule has 30 heavy (non-hydrogen) atoms. The summed E-state index contributed by atoms with van der Waals surface area (Å²) >= 11 is 0. The van der Waals surface area contributed by atoms with Crippen molar-refractivity contribution >= 4 is 0 Å². The average Bonchev–Trinajstić information content (AvgIpc) is 2.78. The van der Waals surface area contributed by atoms with E-state index >= 15 is 0 Å². The Kier molecular flexibility index (Phi) is 8.13. The fraction of sp³-hybridized carbons (Fsp3) is 0.308. The molecule has 0 radical (unpaired) electrons. The van der Waals surface area contributed by atoms with E-state index in [-0.39, 0.29) is 0 Å². The van der Waals surface area contributed by atoms with E-state index < -0.39 is 6.17 Å². The van der Waals surface area contributed by atoms with Gasteiger partial charge in [0.15, 0.2) is 0 Å². The first-order valence-electron chi connectivity index (χ1n) is 10.5. The predicted molar refractivity (Wildman–Crippen MR) is 121 cm³/mol. The topological polar surface area (TPSA) is 35.0 Å². The molecule has 156 valence electrons. The van der Waals surface area contributed by atoms with Gasteiger partial charge >= 0.3 is 0 Å². The molecular weight excluding hydrogens is 375 g/mol. The molecule has 1 aromatic heterocycles. The first-order valence-corrected chi connectivity index (χ1v) is 10.5. The van der Waals surface area contributed by atoms with E-state index in [2.05, 4.69) is 46.9 Å². The van der Waals surface area contributed by atoms with Gasteiger partial charge in [0, 0.05) is 18.0 Å². The third kappa shape index (κ3) is 6.24. The highest BCUT2D eigenvalue weighted by Crippen LogP contribution is 2.31. The lowest BCUT2D eigenvalue weighted by Crippen LogP contribution is -1.96. The van der Waals surface area contributed by atoms with E-state index in [1.54, 1.807) is 31.6 Å². The second-order valence-electron chi connectivity index (χ2n) is 7.47. The van der Waals surface area contributed by atoms with Gasteiger partial charge in [0.2, 0.25) is 0 Å². The first-order chi connectivity index (χ1) is 14.7. The van der Waals surface area contributed by atoms with Crippen molar-refractivity contribution in [3.05, 3.63) is 79.3 Å². The summed E-state index contributed by atoms with van der Waals surface area (Å²) < 4.78 is 18.6. The molecule has 0 spiro atoms. The van der Waals surface area contributed by atoms with Gasteiger partial charge in [0.25, 0.3) is 0 Å². The van der Waals surface area contributed by atoms with Crippen LogP contribution in [-0.2, 0) is 6.42 Å². The molecule has 0 aliphatic rings. The van der Waals surface area contributed by atoms with Gasteiger partial charge < -0.3 is 4.74 Å². The summed E-state index contributed by atoms with van der Waals surface area (Å²) in [6.07, 6.45) is 10.8. The zero-order chi connectivity index (χ0) is 21.2. The Morgan fingerprint density at radius 1 is 1.03 bits per heavy atom. The Bertz CT molecular complexity index is 924. The Morgan fingerprint density at radius 3 is 2.53 bits per heavy atom. The summed E-state index contributed by atoms with van der Waals surface area (Å²) in [5.41, 5.74) is 5.51. The number of benzene rings is 2. The van der Waals surface area contributed by atoms with Gasteiger partial charge in [-0.3, -0.25) is 9.97 Å². The monoisotopic (exact) mass is 404 g/mol. The van der Waals surface area contributed by atoms with Gasteiger partial charge in [0.05, 0.1) is 18.1 Å². The van der Waals surface area contributed by atoms with Gasteiger partial charge in [-0.1, -0.05) is 49.8 Å². The molecule has 0 aliphatic carbocycles. The van der Waals surface area contributed by atoms with E-state index in [4.69, 9.17) is 4.74 Å². The van der Waals surface area contributed by atoms with E-state index in [1.165, 1.54) is 11.1 Å². The van der Waals surface area contributed by atoms with Crippen molar-refractivity contribution in [2.75, 3.05) is 6.61 Å².